The fraction of sp³-hybridized carbons (Fsp3) is 0.556. The van der Waals surface area contributed by atoms with Crippen molar-refractivity contribution in [2.24, 2.45) is 0 Å². The van der Waals surface area contributed by atoms with E-state index in [0.717, 1.165) is 11.2 Å². The van der Waals surface area contributed by atoms with Crippen molar-refractivity contribution in [3.8, 4) is 0 Å². The van der Waals surface area contributed by atoms with Gasteiger partial charge in [-0.05, 0) is 91.3 Å². The van der Waals surface area contributed by atoms with Crippen LogP contribution in [0.3, 0.4) is 0 Å². The summed E-state index contributed by atoms with van der Waals surface area (Å²) in [6.07, 6.45) is 11.7. The van der Waals surface area contributed by atoms with Gasteiger partial charge in [-0.15, -0.1) is 0 Å². The molecule has 1 saturated carbocycles. The second-order valence-electron chi connectivity index (χ2n) is 9.06. The normalized spacial score (nSPS) is 16.9. The van der Waals surface area contributed by atoms with E-state index in [-0.39, 0.29) is 0 Å². The summed E-state index contributed by atoms with van der Waals surface area (Å²) in [5.41, 5.74) is 8.28. The van der Waals surface area contributed by atoms with Crippen LogP contribution in [0.4, 0.5) is 0 Å². The third kappa shape index (κ3) is 3.49. The van der Waals surface area contributed by atoms with Gasteiger partial charge in [0.25, 0.3) is 0 Å². The highest BCUT2D eigenvalue weighted by Crippen LogP contribution is 2.44. The van der Waals surface area contributed by atoms with Crippen LogP contribution >= 0.6 is 0 Å². The van der Waals surface area contributed by atoms with Crippen LogP contribution in [0.2, 0.25) is 0 Å². The molecule has 2 aromatic carbocycles. The molecule has 1 aliphatic rings. The van der Waals surface area contributed by atoms with Gasteiger partial charge in [0.1, 0.15) is 11.2 Å². The van der Waals surface area contributed by atoms with Crippen LogP contribution in [0.25, 0.3) is 21.9 Å². The summed E-state index contributed by atoms with van der Waals surface area (Å²) in [6.45, 7) is 9.31. The third-order valence-electron chi connectivity index (χ3n) is 7.15. The average molecular weight is 377 g/mol. The lowest BCUT2D eigenvalue weighted by molar-refractivity contribution is 0.444. The van der Waals surface area contributed by atoms with Crippen LogP contribution in [0.5, 0.6) is 0 Å². The summed E-state index contributed by atoms with van der Waals surface area (Å²) in [5.74, 6) is 1.28. The lowest BCUT2D eigenvalue weighted by Gasteiger charge is -2.27. The first-order chi connectivity index (χ1) is 13.6. The van der Waals surface area contributed by atoms with E-state index in [2.05, 4.69) is 52.0 Å². The molecular weight excluding hydrogens is 340 g/mol. The van der Waals surface area contributed by atoms with Crippen LogP contribution in [0.15, 0.2) is 28.7 Å². The van der Waals surface area contributed by atoms with E-state index in [1.807, 2.05) is 0 Å². The Kier molecular flexibility index (Phi) is 5.80. The molecular formula is C27H36O. The average Bonchev–Trinajstić information content (AvgIpc) is 3.09. The van der Waals surface area contributed by atoms with Gasteiger partial charge in [-0.2, -0.15) is 0 Å². The van der Waals surface area contributed by atoms with Crippen LogP contribution in [-0.4, -0.2) is 0 Å². The molecule has 1 heteroatoms. The molecule has 4 rings (SSSR count). The highest BCUT2D eigenvalue weighted by atomic mass is 16.3. The molecule has 1 unspecified atom stereocenters. The molecule has 0 spiro atoms. The quantitative estimate of drug-likeness (QED) is 0.419. The third-order valence-corrected chi connectivity index (χ3v) is 7.15. The Bertz CT molecular complexity index is 955. The van der Waals surface area contributed by atoms with Gasteiger partial charge in [0.05, 0.1) is 0 Å². The molecule has 1 aliphatic carbocycles. The smallest absolute Gasteiger partial charge is 0.136 e. The number of rotatable bonds is 6. The van der Waals surface area contributed by atoms with Gasteiger partial charge in [-0.1, -0.05) is 52.5 Å². The van der Waals surface area contributed by atoms with E-state index in [0.29, 0.717) is 11.8 Å². The van der Waals surface area contributed by atoms with E-state index in [1.165, 1.54) is 85.3 Å². The fourth-order valence-electron chi connectivity index (χ4n) is 5.31. The molecule has 28 heavy (non-hydrogen) atoms. The number of furan rings is 1. The number of benzene rings is 2. The van der Waals surface area contributed by atoms with E-state index in [9.17, 15) is 0 Å². The Hall–Kier alpha value is -1.76. The number of aryl methyl sites for hydroxylation is 1. The van der Waals surface area contributed by atoms with Crippen molar-refractivity contribution in [3.63, 3.8) is 0 Å². The molecule has 0 aliphatic heterocycles. The van der Waals surface area contributed by atoms with Gasteiger partial charge in [0.2, 0.25) is 0 Å². The van der Waals surface area contributed by atoms with E-state index < -0.39 is 0 Å². The highest BCUT2D eigenvalue weighted by molar-refractivity contribution is 6.08. The molecule has 0 bridgehead atoms. The minimum absolute atomic E-state index is 0.583. The second-order valence-corrected chi connectivity index (χ2v) is 9.06. The Morgan fingerprint density at radius 3 is 2.54 bits per heavy atom. The molecule has 1 aromatic heterocycles. The predicted octanol–water partition coefficient (Wildman–Crippen LogP) is 8.80. The summed E-state index contributed by atoms with van der Waals surface area (Å²) in [4.78, 5) is 0. The molecule has 1 heterocycles. The number of unbranched alkanes of at least 4 members (excludes halogenated alkanes) is 1. The molecule has 1 atom stereocenters. The summed E-state index contributed by atoms with van der Waals surface area (Å²) < 4.78 is 6.43. The van der Waals surface area contributed by atoms with Crippen molar-refractivity contribution in [2.75, 3.05) is 0 Å². The van der Waals surface area contributed by atoms with Crippen molar-refractivity contribution in [1.82, 2.24) is 0 Å². The van der Waals surface area contributed by atoms with Gasteiger partial charge in [0.15, 0.2) is 0 Å². The van der Waals surface area contributed by atoms with Crippen molar-refractivity contribution >= 4 is 21.9 Å². The first-order valence-electron chi connectivity index (χ1n) is 11.6. The Balaban J connectivity index is 1.97. The van der Waals surface area contributed by atoms with Crippen LogP contribution in [-0.2, 0) is 6.42 Å². The van der Waals surface area contributed by atoms with E-state index in [4.69, 9.17) is 4.42 Å². The molecule has 1 nitrogen and oxygen atoms in total. The van der Waals surface area contributed by atoms with E-state index in [1.54, 1.807) is 5.56 Å². The van der Waals surface area contributed by atoms with Crippen LogP contribution in [0, 0.1) is 6.92 Å². The first kappa shape index (κ1) is 19.6. The Morgan fingerprint density at radius 1 is 1.04 bits per heavy atom. The van der Waals surface area contributed by atoms with Gasteiger partial charge < -0.3 is 4.42 Å². The van der Waals surface area contributed by atoms with Gasteiger partial charge in [-0.3, -0.25) is 0 Å². The maximum Gasteiger partial charge on any atom is 0.136 e. The molecule has 3 aromatic rings. The van der Waals surface area contributed by atoms with Gasteiger partial charge in [-0.25, -0.2) is 0 Å². The molecule has 0 N–H and O–H groups in total. The largest absolute Gasteiger partial charge is 0.456 e. The first-order valence-corrected chi connectivity index (χ1v) is 11.6. The van der Waals surface area contributed by atoms with Gasteiger partial charge in [0, 0.05) is 10.8 Å². The van der Waals surface area contributed by atoms with Crippen molar-refractivity contribution in [2.45, 2.75) is 97.3 Å². The SMILES string of the molecule is CCCCc1ccc2oc3cc(C(C)CC)c(C)c(C4CCCCC4)c3c2c1. The summed E-state index contributed by atoms with van der Waals surface area (Å²) in [6, 6.07) is 9.26. The van der Waals surface area contributed by atoms with Crippen LogP contribution < -0.4 is 0 Å². The Labute approximate surface area is 170 Å². The minimum Gasteiger partial charge on any atom is -0.456 e. The number of fused-ring (bicyclic) bond motifs is 3. The van der Waals surface area contributed by atoms with Crippen molar-refractivity contribution in [1.29, 1.82) is 0 Å². The zero-order chi connectivity index (χ0) is 19.7. The summed E-state index contributed by atoms with van der Waals surface area (Å²) in [5, 5.41) is 2.77. The predicted molar refractivity (Wildman–Crippen MR) is 122 cm³/mol. The number of hydrogen-bond acceptors (Lipinski definition) is 1. The maximum absolute atomic E-state index is 6.43. The highest BCUT2D eigenvalue weighted by Gasteiger charge is 2.25. The lowest BCUT2D eigenvalue weighted by atomic mass is 9.78. The minimum atomic E-state index is 0.583. The summed E-state index contributed by atoms with van der Waals surface area (Å²) >= 11 is 0. The summed E-state index contributed by atoms with van der Waals surface area (Å²) in [7, 11) is 0. The number of hydrogen-bond donors (Lipinski definition) is 0. The molecule has 0 radical (unpaired) electrons. The zero-order valence-corrected chi connectivity index (χ0v) is 18.2. The fourth-order valence-corrected chi connectivity index (χ4v) is 5.31. The second kappa shape index (κ2) is 8.31. The topological polar surface area (TPSA) is 13.1 Å². The lowest BCUT2D eigenvalue weighted by Crippen LogP contribution is -2.09. The Morgan fingerprint density at radius 2 is 1.82 bits per heavy atom. The van der Waals surface area contributed by atoms with Gasteiger partial charge >= 0.3 is 0 Å². The molecule has 1 fully saturated rings. The van der Waals surface area contributed by atoms with Crippen molar-refractivity contribution in [3.05, 3.63) is 46.5 Å². The molecule has 0 amide bonds. The standard InChI is InChI=1S/C27H36O/c1-5-7-11-20-14-15-24-23(16-20)27-25(28-24)17-22(18(3)6-2)19(4)26(27)21-12-9-8-10-13-21/h14-18,21H,5-13H2,1-4H3. The molecule has 150 valence electrons. The van der Waals surface area contributed by atoms with E-state index >= 15 is 0 Å². The monoisotopic (exact) mass is 376 g/mol. The maximum atomic E-state index is 6.43. The van der Waals surface area contributed by atoms with Crippen LogP contribution in [0.1, 0.15) is 106 Å². The molecule has 0 saturated heterocycles. The van der Waals surface area contributed by atoms with Crippen molar-refractivity contribution < 1.29 is 4.42 Å². The zero-order valence-electron chi connectivity index (χ0n) is 18.2.